The Morgan fingerprint density at radius 1 is 1.00 bits per heavy atom. The molecule has 0 aliphatic carbocycles. The summed E-state index contributed by atoms with van der Waals surface area (Å²) < 4.78 is 24.9. The van der Waals surface area contributed by atoms with Crippen molar-refractivity contribution >= 4 is 17.3 Å². The van der Waals surface area contributed by atoms with Crippen molar-refractivity contribution in [2.24, 2.45) is 0 Å². The molecule has 0 spiro atoms. The number of urea groups is 1. The molecule has 1 aliphatic heterocycles. The molecule has 1 aliphatic rings. The maximum absolute atomic E-state index is 13.6. The van der Waals surface area contributed by atoms with Crippen LogP contribution in [0.25, 0.3) is 17.0 Å². The molecule has 2 amide bonds. The zero-order valence-corrected chi connectivity index (χ0v) is 20.2. The van der Waals surface area contributed by atoms with Gasteiger partial charge in [0.2, 0.25) is 5.82 Å². The number of hydrogen-bond donors (Lipinski definition) is 1. The van der Waals surface area contributed by atoms with E-state index in [1.165, 1.54) is 17.0 Å². The minimum atomic E-state index is -0.545. The monoisotopic (exact) mass is 484 g/mol. The van der Waals surface area contributed by atoms with E-state index in [0.29, 0.717) is 29.4 Å². The molecule has 0 bridgehead atoms. The number of nitrogens with one attached hydrogen (secondary N) is 1. The Labute approximate surface area is 208 Å². The molecule has 7 nitrogen and oxygen atoms in total. The van der Waals surface area contributed by atoms with E-state index in [2.05, 4.69) is 15.5 Å². The molecule has 0 saturated heterocycles. The molecule has 5 rings (SSSR count). The van der Waals surface area contributed by atoms with Crippen LogP contribution < -0.4 is 15.0 Å². The van der Waals surface area contributed by atoms with Crippen LogP contribution in [0.15, 0.2) is 83.0 Å². The number of hydrogen-bond acceptors (Lipinski definition) is 5. The summed E-state index contributed by atoms with van der Waals surface area (Å²) in [5.41, 5.74) is 4.54. The van der Waals surface area contributed by atoms with Gasteiger partial charge in [0.25, 0.3) is 5.89 Å². The van der Waals surface area contributed by atoms with E-state index >= 15 is 0 Å². The molecule has 182 valence electrons. The summed E-state index contributed by atoms with van der Waals surface area (Å²) in [4.78, 5) is 19.4. The summed E-state index contributed by atoms with van der Waals surface area (Å²) in [6.07, 6.45) is 0. The highest BCUT2D eigenvalue weighted by Gasteiger charge is 2.36. The van der Waals surface area contributed by atoms with Crippen molar-refractivity contribution < 1.29 is 18.4 Å². The van der Waals surface area contributed by atoms with Crippen molar-refractivity contribution in [1.29, 1.82) is 0 Å². The van der Waals surface area contributed by atoms with Crippen molar-refractivity contribution in [1.82, 2.24) is 15.5 Å². The van der Waals surface area contributed by atoms with Crippen LogP contribution in [0.4, 0.5) is 14.9 Å². The van der Waals surface area contributed by atoms with E-state index < -0.39 is 6.04 Å². The van der Waals surface area contributed by atoms with Gasteiger partial charge in [0.1, 0.15) is 11.6 Å². The summed E-state index contributed by atoms with van der Waals surface area (Å²) >= 11 is 0. The van der Waals surface area contributed by atoms with Gasteiger partial charge in [-0.1, -0.05) is 47.1 Å². The smallest absolute Gasteiger partial charge is 0.326 e. The SMILES string of the molecule is CCOc1ccc(C2NC(=O)N(c3ccc(F)cc3)C(C)=C2c2nc(-c3ccc(C)cc3)no2)cc1. The third-order valence-electron chi connectivity index (χ3n) is 6.06. The van der Waals surface area contributed by atoms with Crippen molar-refractivity contribution in [3.8, 4) is 17.1 Å². The minimum absolute atomic E-state index is 0.286. The number of carbonyl (C=O) groups is 1. The number of aryl methyl sites for hydroxylation is 1. The number of allylic oxidation sites excluding steroid dienone is 1. The lowest BCUT2D eigenvalue weighted by atomic mass is 9.94. The molecule has 4 aromatic rings. The highest BCUT2D eigenvalue weighted by atomic mass is 19.1. The molecule has 2 heterocycles. The van der Waals surface area contributed by atoms with Crippen LogP contribution >= 0.6 is 0 Å². The van der Waals surface area contributed by atoms with Crippen LogP contribution in [0.2, 0.25) is 0 Å². The number of aromatic nitrogens is 2. The fourth-order valence-corrected chi connectivity index (χ4v) is 4.25. The summed E-state index contributed by atoms with van der Waals surface area (Å²) in [7, 11) is 0. The van der Waals surface area contributed by atoms with E-state index in [0.717, 1.165) is 22.4 Å². The largest absolute Gasteiger partial charge is 0.494 e. The molecular formula is C28H25FN4O3. The van der Waals surface area contributed by atoms with Gasteiger partial charge in [-0.05, 0) is 62.7 Å². The van der Waals surface area contributed by atoms with Crippen molar-refractivity contribution in [3.05, 3.63) is 101 Å². The first-order valence-electron chi connectivity index (χ1n) is 11.7. The third-order valence-corrected chi connectivity index (χ3v) is 6.06. The third kappa shape index (κ3) is 4.45. The van der Waals surface area contributed by atoms with Crippen molar-refractivity contribution in [2.45, 2.75) is 26.8 Å². The van der Waals surface area contributed by atoms with E-state index in [1.807, 2.05) is 69.3 Å². The Balaban J connectivity index is 1.61. The fourth-order valence-electron chi connectivity index (χ4n) is 4.25. The summed E-state index contributed by atoms with van der Waals surface area (Å²) in [5.74, 6) is 1.08. The number of carbonyl (C=O) groups excluding carboxylic acids is 1. The summed E-state index contributed by atoms with van der Waals surface area (Å²) in [5, 5.41) is 7.25. The number of rotatable bonds is 6. The number of amides is 2. The zero-order valence-electron chi connectivity index (χ0n) is 20.2. The fraction of sp³-hybridized carbons (Fsp3) is 0.179. The Bertz CT molecular complexity index is 1410. The summed E-state index contributed by atoms with van der Waals surface area (Å²) in [6, 6.07) is 20.2. The average molecular weight is 485 g/mol. The second-order valence-electron chi connectivity index (χ2n) is 8.48. The number of halogens is 1. The van der Waals surface area contributed by atoms with Gasteiger partial charge in [0, 0.05) is 11.3 Å². The first kappa shape index (κ1) is 23.3. The maximum atomic E-state index is 13.6. The van der Waals surface area contributed by atoms with Crippen LogP contribution in [0.3, 0.4) is 0 Å². The summed E-state index contributed by atoms with van der Waals surface area (Å²) in [6.45, 7) is 6.30. The maximum Gasteiger partial charge on any atom is 0.326 e. The quantitative estimate of drug-likeness (QED) is 0.348. The number of anilines is 1. The molecule has 1 aromatic heterocycles. The molecular weight excluding hydrogens is 459 g/mol. The minimum Gasteiger partial charge on any atom is -0.494 e. The van der Waals surface area contributed by atoms with E-state index in [1.54, 1.807) is 12.1 Å². The lowest BCUT2D eigenvalue weighted by molar-refractivity contribution is 0.244. The van der Waals surface area contributed by atoms with E-state index in [9.17, 15) is 9.18 Å². The molecule has 0 fully saturated rings. The highest BCUT2D eigenvalue weighted by molar-refractivity contribution is 6.01. The van der Waals surface area contributed by atoms with Gasteiger partial charge in [-0.25, -0.2) is 9.18 Å². The highest BCUT2D eigenvalue weighted by Crippen LogP contribution is 2.39. The van der Waals surface area contributed by atoms with E-state index in [4.69, 9.17) is 9.26 Å². The molecule has 3 aromatic carbocycles. The second kappa shape index (κ2) is 9.65. The van der Waals surface area contributed by atoms with Gasteiger partial charge in [0.15, 0.2) is 0 Å². The number of benzene rings is 3. The lowest BCUT2D eigenvalue weighted by Crippen LogP contribution is -2.46. The Morgan fingerprint density at radius 3 is 2.36 bits per heavy atom. The second-order valence-corrected chi connectivity index (χ2v) is 8.48. The molecule has 1 atom stereocenters. The Hall–Kier alpha value is -4.46. The number of nitrogens with zero attached hydrogens (tertiary/aromatic N) is 3. The van der Waals surface area contributed by atoms with E-state index in [-0.39, 0.29) is 17.7 Å². The van der Waals surface area contributed by atoms with Gasteiger partial charge in [-0.2, -0.15) is 4.98 Å². The topological polar surface area (TPSA) is 80.5 Å². The molecule has 0 radical (unpaired) electrons. The van der Waals surface area contributed by atoms with Crippen LogP contribution in [-0.2, 0) is 0 Å². The van der Waals surface area contributed by atoms with Gasteiger partial charge in [-0.3, -0.25) is 4.90 Å². The van der Waals surface area contributed by atoms with Crippen molar-refractivity contribution in [3.63, 3.8) is 0 Å². The zero-order chi connectivity index (χ0) is 25.2. The Morgan fingerprint density at radius 2 is 1.69 bits per heavy atom. The first-order valence-corrected chi connectivity index (χ1v) is 11.7. The predicted octanol–water partition coefficient (Wildman–Crippen LogP) is 6.28. The molecule has 0 saturated carbocycles. The number of ether oxygens (including phenoxy) is 1. The Kier molecular flexibility index (Phi) is 6.25. The van der Waals surface area contributed by atoms with Gasteiger partial charge >= 0.3 is 6.03 Å². The van der Waals surface area contributed by atoms with Crippen LogP contribution in [-0.4, -0.2) is 22.8 Å². The van der Waals surface area contributed by atoms with Crippen LogP contribution in [0.5, 0.6) is 5.75 Å². The first-order chi connectivity index (χ1) is 17.4. The average Bonchev–Trinajstić information content (AvgIpc) is 3.36. The molecule has 1 unspecified atom stereocenters. The van der Waals surface area contributed by atoms with Crippen LogP contribution in [0.1, 0.15) is 36.9 Å². The van der Waals surface area contributed by atoms with Gasteiger partial charge in [-0.15, -0.1) is 0 Å². The van der Waals surface area contributed by atoms with Crippen molar-refractivity contribution in [2.75, 3.05) is 11.5 Å². The van der Waals surface area contributed by atoms with Gasteiger partial charge in [0.05, 0.1) is 23.9 Å². The molecule has 8 heteroatoms. The normalized spacial score (nSPS) is 15.7. The standard InChI is InChI=1S/C28H25FN4O3/c1-4-35-23-15-9-19(10-16-23)25-24(27-31-26(32-36-27)20-7-5-17(2)6-8-20)18(3)33(28(34)30-25)22-13-11-21(29)12-14-22/h5-16,25H,4H2,1-3H3,(H,30,34). The molecule has 36 heavy (non-hydrogen) atoms. The molecule has 1 N–H and O–H groups in total. The predicted molar refractivity (Wildman–Crippen MR) is 135 cm³/mol. The van der Waals surface area contributed by atoms with Gasteiger partial charge < -0.3 is 14.6 Å². The van der Waals surface area contributed by atoms with Crippen LogP contribution in [0, 0.1) is 12.7 Å². The lowest BCUT2D eigenvalue weighted by Gasteiger charge is -2.35.